The maximum atomic E-state index is 9.72. The van der Waals surface area contributed by atoms with Crippen molar-refractivity contribution >= 4 is 0 Å². The van der Waals surface area contributed by atoms with Gasteiger partial charge in [0.15, 0.2) is 0 Å². The average Bonchev–Trinajstić information content (AvgIpc) is 2.53. The third-order valence-electron chi connectivity index (χ3n) is 2.17. The molecule has 80 valence electrons. The molecular formula is C12H20O2. The van der Waals surface area contributed by atoms with Crippen LogP contribution < -0.4 is 0 Å². The fraction of sp³-hybridized carbons (Fsp3) is 0.833. The van der Waals surface area contributed by atoms with Crippen LogP contribution in [-0.2, 0) is 4.74 Å². The molecule has 2 heteroatoms. The van der Waals surface area contributed by atoms with Gasteiger partial charge in [0.25, 0.3) is 0 Å². The summed E-state index contributed by atoms with van der Waals surface area (Å²) in [6, 6.07) is 0. The second-order valence-electron chi connectivity index (χ2n) is 4.87. The van der Waals surface area contributed by atoms with E-state index in [1.807, 2.05) is 0 Å². The lowest BCUT2D eigenvalue weighted by atomic mass is 9.97. The largest absolute Gasteiger partial charge is 0.389 e. The van der Waals surface area contributed by atoms with Crippen LogP contribution in [0.15, 0.2) is 0 Å². The molecule has 14 heavy (non-hydrogen) atoms. The van der Waals surface area contributed by atoms with Gasteiger partial charge in [0.1, 0.15) is 0 Å². The van der Waals surface area contributed by atoms with Gasteiger partial charge in [-0.15, -0.1) is 0 Å². The Morgan fingerprint density at radius 2 is 2.21 bits per heavy atom. The van der Waals surface area contributed by atoms with Crippen molar-refractivity contribution in [3.63, 3.8) is 0 Å². The SMILES string of the molecule is CC(C)(C)C#CCC(O)C1CCCO1. The molecule has 0 amide bonds. The van der Waals surface area contributed by atoms with Crippen molar-refractivity contribution in [3.05, 3.63) is 0 Å². The zero-order valence-corrected chi connectivity index (χ0v) is 9.34. The van der Waals surface area contributed by atoms with Crippen LogP contribution in [0.1, 0.15) is 40.0 Å². The second-order valence-corrected chi connectivity index (χ2v) is 4.87. The number of hydrogen-bond acceptors (Lipinski definition) is 2. The molecule has 0 bridgehead atoms. The molecule has 0 aromatic carbocycles. The Labute approximate surface area is 86.7 Å². The van der Waals surface area contributed by atoms with E-state index < -0.39 is 6.10 Å². The number of hydrogen-bond donors (Lipinski definition) is 1. The third kappa shape index (κ3) is 4.13. The van der Waals surface area contributed by atoms with Crippen molar-refractivity contribution in [2.75, 3.05) is 6.61 Å². The smallest absolute Gasteiger partial charge is 0.0910 e. The lowest BCUT2D eigenvalue weighted by Gasteiger charge is -2.14. The van der Waals surface area contributed by atoms with Crippen molar-refractivity contribution in [1.29, 1.82) is 0 Å². The summed E-state index contributed by atoms with van der Waals surface area (Å²) in [6.45, 7) is 6.99. The number of ether oxygens (including phenoxy) is 1. The molecule has 1 fully saturated rings. The summed E-state index contributed by atoms with van der Waals surface area (Å²) in [5.41, 5.74) is 0.0241. The molecule has 2 atom stereocenters. The highest BCUT2D eigenvalue weighted by atomic mass is 16.5. The normalized spacial score (nSPS) is 24.1. The molecule has 0 radical (unpaired) electrons. The summed E-state index contributed by atoms with van der Waals surface area (Å²) in [5, 5.41) is 9.72. The first kappa shape index (κ1) is 11.6. The highest BCUT2D eigenvalue weighted by Crippen LogP contribution is 2.17. The molecule has 1 saturated heterocycles. The van der Waals surface area contributed by atoms with Gasteiger partial charge >= 0.3 is 0 Å². The molecule has 2 unspecified atom stereocenters. The Hall–Kier alpha value is -0.520. The average molecular weight is 196 g/mol. The predicted molar refractivity (Wildman–Crippen MR) is 56.8 cm³/mol. The molecule has 2 nitrogen and oxygen atoms in total. The van der Waals surface area contributed by atoms with Gasteiger partial charge in [-0.05, 0) is 33.6 Å². The molecule has 1 N–H and O–H groups in total. The topological polar surface area (TPSA) is 29.5 Å². The zero-order valence-electron chi connectivity index (χ0n) is 9.34. The first-order valence-electron chi connectivity index (χ1n) is 5.29. The van der Waals surface area contributed by atoms with Gasteiger partial charge in [0, 0.05) is 18.4 Å². The van der Waals surface area contributed by atoms with Crippen LogP contribution in [0.4, 0.5) is 0 Å². The summed E-state index contributed by atoms with van der Waals surface area (Å²) in [4.78, 5) is 0. The number of aliphatic hydroxyl groups excluding tert-OH is 1. The van der Waals surface area contributed by atoms with Crippen molar-refractivity contribution < 1.29 is 9.84 Å². The van der Waals surface area contributed by atoms with Crippen molar-refractivity contribution in [2.24, 2.45) is 5.41 Å². The molecule has 0 aromatic heterocycles. The van der Waals surface area contributed by atoms with E-state index >= 15 is 0 Å². The van der Waals surface area contributed by atoms with Gasteiger partial charge in [-0.25, -0.2) is 0 Å². The maximum absolute atomic E-state index is 9.72. The molecule has 0 spiro atoms. The van der Waals surface area contributed by atoms with E-state index in [1.54, 1.807) is 0 Å². The van der Waals surface area contributed by atoms with E-state index in [2.05, 4.69) is 32.6 Å². The predicted octanol–water partition coefficient (Wildman–Crippen LogP) is 1.97. The second kappa shape index (κ2) is 4.82. The standard InChI is InChI=1S/C12H20O2/c1-12(2,3)8-4-6-10(13)11-7-5-9-14-11/h10-11,13H,5-7,9H2,1-3H3. The highest BCUT2D eigenvalue weighted by Gasteiger charge is 2.23. The number of aliphatic hydroxyl groups is 1. The summed E-state index contributed by atoms with van der Waals surface area (Å²) in [7, 11) is 0. The first-order chi connectivity index (χ1) is 6.49. The highest BCUT2D eigenvalue weighted by molar-refractivity contribution is 5.08. The zero-order chi connectivity index (χ0) is 10.6. The van der Waals surface area contributed by atoms with E-state index in [1.165, 1.54) is 0 Å². The Morgan fingerprint density at radius 1 is 1.50 bits per heavy atom. The molecule has 0 aliphatic carbocycles. The van der Waals surface area contributed by atoms with Gasteiger partial charge in [-0.3, -0.25) is 0 Å². The van der Waals surface area contributed by atoms with Crippen molar-refractivity contribution in [2.45, 2.75) is 52.2 Å². The molecule has 1 aliphatic rings. The molecule has 1 aliphatic heterocycles. The Bertz CT molecular complexity index is 223. The third-order valence-corrected chi connectivity index (χ3v) is 2.17. The van der Waals surface area contributed by atoms with E-state index in [0.717, 1.165) is 19.4 Å². The maximum Gasteiger partial charge on any atom is 0.0910 e. The lowest BCUT2D eigenvalue weighted by Crippen LogP contribution is -2.24. The van der Waals surface area contributed by atoms with Crippen molar-refractivity contribution in [3.8, 4) is 11.8 Å². The fourth-order valence-corrected chi connectivity index (χ4v) is 1.46. The summed E-state index contributed by atoms with van der Waals surface area (Å²) < 4.78 is 5.38. The van der Waals surface area contributed by atoms with Gasteiger partial charge < -0.3 is 9.84 Å². The van der Waals surface area contributed by atoms with E-state index in [-0.39, 0.29) is 11.5 Å². The monoisotopic (exact) mass is 196 g/mol. The van der Waals surface area contributed by atoms with E-state index in [9.17, 15) is 5.11 Å². The van der Waals surface area contributed by atoms with Crippen LogP contribution in [0.5, 0.6) is 0 Å². The Morgan fingerprint density at radius 3 is 2.71 bits per heavy atom. The van der Waals surface area contributed by atoms with Gasteiger partial charge in [0.2, 0.25) is 0 Å². The summed E-state index contributed by atoms with van der Waals surface area (Å²) in [5.74, 6) is 6.13. The fourth-order valence-electron chi connectivity index (χ4n) is 1.46. The quantitative estimate of drug-likeness (QED) is 0.684. The van der Waals surface area contributed by atoms with Crippen LogP contribution in [-0.4, -0.2) is 23.9 Å². The molecular weight excluding hydrogens is 176 g/mol. The molecule has 0 aromatic rings. The van der Waals surface area contributed by atoms with Crippen LogP contribution in [0, 0.1) is 17.3 Å². The van der Waals surface area contributed by atoms with Gasteiger partial charge in [-0.1, -0.05) is 11.8 Å². The molecule has 1 rings (SSSR count). The Balaban J connectivity index is 2.32. The first-order valence-corrected chi connectivity index (χ1v) is 5.29. The van der Waals surface area contributed by atoms with Crippen LogP contribution in [0.2, 0.25) is 0 Å². The van der Waals surface area contributed by atoms with Crippen molar-refractivity contribution in [1.82, 2.24) is 0 Å². The van der Waals surface area contributed by atoms with E-state index in [4.69, 9.17) is 4.74 Å². The van der Waals surface area contributed by atoms with Crippen LogP contribution in [0.3, 0.4) is 0 Å². The minimum atomic E-state index is -0.410. The van der Waals surface area contributed by atoms with Gasteiger partial charge in [0.05, 0.1) is 12.2 Å². The minimum Gasteiger partial charge on any atom is -0.389 e. The van der Waals surface area contributed by atoms with E-state index in [0.29, 0.717) is 6.42 Å². The van der Waals surface area contributed by atoms with Crippen LogP contribution >= 0.6 is 0 Å². The van der Waals surface area contributed by atoms with Gasteiger partial charge in [-0.2, -0.15) is 0 Å². The molecule has 0 saturated carbocycles. The number of rotatable bonds is 2. The summed E-state index contributed by atoms with van der Waals surface area (Å²) in [6.07, 6.45) is 2.17. The minimum absolute atomic E-state index is 0.0178. The lowest BCUT2D eigenvalue weighted by molar-refractivity contribution is 0.00156. The molecule has 1 heterocycles. The summed E-state index contributed by atoms with van der Waals surface area (Å²) >= 11 is 0. The Kier molecular flexibility index (Phi) is 3.97. The van der Waals surface area contributed by atoms with Crippen LogP contribution in [0.25, 0.3) is 0 Å².